The molecule has 0 aliphatic rings. The highest BCUT2D eigenvalue weighted by Gasteiger charge is 2.43. The fourth-order valence-electron chi connectivity index (χ4n) is 1.96. The van der Waals surface area contributed by atoms with E-state index in [9.17, 15) is 8.42 Å². The molecule has 0 fully saturated rings. The van der Waals surface area contributed by atoms with Gasteiger partial charge in [-0.25, -0.2) is 8.96 Å². The van der Waals surface area contributed by atoms with Crippen molar-refractivity contribution in [2.24, 2.45) is 0 Å². The van der Waals surface area contributed by atoms with Gasteiger partial charge in [0, 0.05) is 26.2 Å². The van der Waals surface area contributed by atoms with Gasteiger partial charge in [-0.2, -0.15) is 12.7 Å². The molecule has 0 saturated heterocycles. The Bertz CT molecular complexity index is 619. The molecule has 0 N–H and O–H groups in total. The van der Waals surface area contributed by atoms with Crippen LogP contribution in [0.3, 0.4) is 0 Å². The molecular formula is C14H28ClN3O2SSi. The Morgan fingerprint density at radius 1 is 1.32 bits per heavy atom. The van der Waals surface area contributed by atoms with E-state index in [0.29, 0.717) is 23.4 Å². The van der Waals surface area contributed by atoms with Crippen molar-refractivity contribution in [1.29, 1.82) is 0 Å². The Morgan fingerprint density at radius 2 is 1.86 bits per heavy atom. The summed E-state index contributed by atoms with van der Waals surface area (Å²) in [5.74, 6) is 0.503. The lowest BCUT2D eigenvalue weighted by molar-refractivity contribution is 0.509. The average molecular weight is 366 g/mol. The first-order valence-electron chi connectivity index (χ1n) is 7.43. The van der Waals surface area contributed by atoms with Crippen LogP contribution in [0.25, 0.3) is 0 Å². The van der Waals surface area contributed by atoms with Crippen LogP contribution in [-0.2, 0) is 16.6 Å². The van der Waals surface area contributed by atoms with Gasteiger partial charge in [0.15, 0.2) is 0 Å². The molecular weight excluding hydrogens is 338 g/mol. The van der Waals surface area contributed by atoms with E-state index in [-0.39, 0.29) is 5.04 Å². The Labute approximate surface area is 140 Å². The molecule has 0 atom stereocenters. The van der Waals surface area contributed by atoms with E-state index in [4.69, 9.17) is 11.6 Å². The SMILES string of the molecule is CN(C)S(=O)(=O)n1c(CCCCl)cnc1[Si](C)(C)C(C)(C)C. The van der Waals surface area contributed by atoms with Gasteiger partial charge in [0.25, 0.3) is 0 Å². The molecule has 1 heterocycles. The molecule has 0 saturated carbocycles. The molecule has 1 aromatic heterocycles. The van der Waals surface area contributed by atoms with Gasteiger partial charge in [0.1, 0.15) is 13.5 Å². The molecule has 0 amide bonds. The maximum Gasteiger partial charge on any atom is 0.308 e. The lowest BCUT2D eigenvalue weighted by Gasteiger charge is -2.36. The molecule has 1 rings (SSSR count). The first kappa shape index (κ1) is 19.7. The van der Waals surface area contributed by atoms with E-state index in [1.807, 2.05) is 0 Å². The zero-order valence-corrected chi connectivity index (χ0v) is 17.2. The van der Waals surface area contributed by atoms with Crippen molar-refractivity contribution in [3.8, 4) is 0 Å². The largest absolute Gasteiger partial charge is 0.308 e. The number of hydrogen-bond acceptors (Lipinski definition) is 3. The molecule has 0 spiro atoms. The smallest absolute Gasteiger partial charge is 0.246 e. The standard InChI is InChI=1S/C14H28ClN3O2SSi/c1-14(2,3)22(6,7)13-16-11-12(9-8-10-15)18(13)21(19,20)17(4)5/h11H,8-10H2,1-7H3. The Balaban J connectivity index is 3.59. The first-order chi connectivity index (χ1) is 9.87. The van der Waals surface area contributed by atoms with Gasteiger partial charge in [0.05, 0.1) is 5.69 Å². The zero-order chi connectivity index (χ0) is 17.3. The summed E-state index contributed by atoms with van der Waals surface area (Å²) in [7, 11) is -2.57. The van der Waals surface area contributed by atoms with Crippen molar-refractivity contribution in [3.05, 3.63) is 11.9 Å². The van der Waals surface area contributed by atoms with Gasteiger partial charge in [-0.1, -0.05) is 33.9 Å². The highest BCUT2D eigenvalue weighted by molar-refractivity contribution is 7.87. The number of aryl methyl sites for hydroxylation is 1. The highest BCUT2D eigenvalue weighted by Crippen LogP contribution is 2.35. The molecule has 0 bridgehead atoms. The van der Waals surface area contributed by atoms with Crippen molar-refractivity contribution < 1.29 is 8.42 Å². The Morgan fingerprint density at radius 3 is 2.27 bits per heavy atom. The molecule has 128 valence electrons. The summed E-state index contributed by atoms with van der Waals surface area (Å²) in [5, 5.41) is 0.00168. The molecule has 8 heteroatoms. The number of aromatic nitrogens is 2. The van der Waals surface area contributed by atoms with Crippen molar-refractivity contribution in [1.82, 2.24) is 13.3 Å². The fraction of sp³-hybridized carbons (Fsp3) is 0.786. The quantitative estimate of drug-likeness (QED) is 0.574. The summed E-state index contributed by atoms with van der Waals surface area (Å²) in [4.78, 5) is 4.53. The van der Waals surface area contributed by atoms with Gasteiger partial charge >= 0.3 is 10.2 Å². The molecule has 0 radical (unpaired) electrons. The van der Waals surface area contributed by atoms with Gasteiger partial charge in [-0.15, -0.1) is 11.6 Å². The van der Waals surface area contributed by atoms with Crippen LogP contribution in [0.2, 0.25) is 18.1 Å². The van der Waals surface area contributed by atoms with Crippen LogP contribution in [0, 0.1) is 0 Å². The van der Waals surface area contributed by atoms with Crippen molar-refractivity contribution >= 4 is 35.3 Å². The average Bonchev–Trinajstić information content (AvgIpc) is 2.79. The molecule has 0 aromatic carbocycles. The number of rotatable bonds is 6. The Kier molecular flexibility index (Phi) is 5.93. The summed E-state index contributed by atoms with van der Waals surface area (Å²) in [6, 6.07) is 0. The minimum Gasteiger partial charge on any atom is -0.246 e. The predicted octanol–water partition coefficient (Wildman–Crippen LogP) is 2.42. The zero-order valence-electron chi connectivity index (χ0n) is 14.6. The topological polar surface area (TPSA) is 55.2 Å². The minimum atomic E-state index is -3.59. The third-order valence-corrected chi connectivity index (χ3v) is 11.9. The van der Waals surface area contributed by atoms with Crippen LogP contribution >= 0.6 is 11.6 Å². The van der Waals surface area contributed by atoms with Crippen LogP contribution in [0.15, 0.2) is 6.20 Å². The van der Waals surface area contributed by atoms with Crippen molar-refractivity contribution in [2.75, 3.05) is 20.0 Å². The summed E-state index contributed by atoms with van der Waals surface area (Å²) < 4.78 is 28.3. The highest BCUT2D eigenvalue weighted by atomic mass is 35.5. The third-order valence-electron chi connectivity index (χ3n) is 4.48. The molecule has 1 aromatic rings. The van der Waals surface area contributed by atoms with Gasteiger partial charge in [-0.05, 0) is 17.9 Å². The van der Waals surface area contributed by atoms with E-state index in [1.165, 1.54) is 8.28 Å². The summed E-state index contributed by atoms with van der Waals surface area (Å²) >= 11 is 5.77. The number of nitrogens with zero attached hydrogens (tertiary/aromatic N) is 3. The normalized spacial score (nSPS) is 13.9. The van der Waals surface area contributed by atoms with E-state index >= 15 is 0 Å². The second kappa shape index (κ2) is 6.63. The van der Waals surface area contributed by atoms with E-state index < -0.39 is 18.3 Å². The number of halogens is 1. The first-order valence-corrected chi connectivity index (χ1v) is 12.4. The van der Waals surface area contributed by atoms with Crippen molar-refractivity contribution in [3.63, 3.8) is 0 Å². The Hall–Kier alpha value is -0.373. The molecule has 0 aliphatic heterocycles. The number of hydrogen-bond donors (Lipinski definition) is 0. The fourth-order valence-corrected chi connectivity index (χ4v) is 5.86. The lowest BCUT2D eigenvalue weighted by atomic mass is 10.2. The van der Waals surface area contributed by atoms with E-state index in [2.05, 4.69) is 38.8 Å². The molecule has 22 heavy (non-hydrogen) atoms. The van der Waals surface area contributed by atoms with Crippen LogP contribution in [-0.4, -0.2) is 49.7 Å². The van der Waals surface area contributed by atoms with Crippen LogP contribution in [0.5, 0.6) is 0 Å². The minimum absolute atomic E-state index is 0.00168. The van der Waals surface area contributed by atoms with Gasteiger partial charge < -0.3 is 0 Å². The third kappa shape index (κ3) is 3.58. The van der Waals surface area contributed by atoms with Gasteiger partial charge in [-0.3, -0.25) is 0 Å². The summed E-state index contributed by atoms with van der Waals surface area (Å²) in [6.07, 6.45) is 3.04. The maximum atomic E-state index is 12.8. The second-order valence-electron chi connectivity index (χ2n) is 7.30. The van der Waals surface area contributed by atoms with Gasteiger partial charge in [0.2, 0.25) is 0 Å². The molecule has 5 nitrogen and oxygen atoms in total. The number of imidazole rings is 1. The molecule has 0 unspecified atom stereocenters. The van der Waals surface area contributed by atoms with E-state index in [0.717, 1.165) is 6.42 Å². The van der Waals surface area contributed by atoms with Crippen LogP contribution < -0.4 is 5.45 Å². The lowest BCUT2D eigenvalue weighted by Crippen LogP contribution is -2.56. The summed E-state index contributed by atoms with van der Waals surface area (Å²) in [6.45, 7) is 10.8. The van der Waals surface area contributed by atoms with E-state index in [1.54, 1.807) is 20.3 Å². The monoisotopic (exact) mass is 365 g/mol. The van der Waals surface area contributed by atoms with Crippen LogP contribution in [0.4, 0.5) is 0 Å². The van der Waals surface area contributed by atoms with Crippen molar-refractivity contribution in [2.45, 2.75) is 51.7 Å². The maximum absolute atomic E-state index is 12.8. The second-order valence-corrected chi connectivity index (χ2v) is 14.9. The van der Waals surface area contributed by atoms with Crippen LogP contribution in [0.1, 0.15) is 32.9 Å². The molecule has 0 aliphatic carbocycles. The predicted molar refractivity (Wildman–Crippen MR) is 96.1 cm³/mol. The summed E-state index contributed by atoms with van der Waals surface area (Å²) in [5.41, 5.74) is 1.42. The number of alkyl halides is 1.